The van der Waals surface area contributed by atoms with E-state index in [2.05, 4.69) is 10.6 Å². The van der Waals surface area contributed by atoms with Gasteiger partial charge < -0.3 is 25.2 Å². The van der Waals surface area contributed by atoms with Crippen molar-refractivity contribution in [3.05, 3.63) is 107 Å². The molecule has 4 aromatic carbocycles. The number of carboxylic acid groups (broad SMARTS) is 1. The van der Waals surface area contributed by atoms with Gasteiger partial charge in [-0.15, -0.1) is 0 Å². The summed E-state index contributed by atoms with van der Waals surface area (Å²) in [5, 5.41) is 15.1. The highest BCUT2D eigenvalue weighted by Gasteiger charge is 2.23. The standard InChI is InChI=1S/C35H35ClN2O6/c1-5-29(33(40)41)38-32(39)27-18-17-24(23-12-7-6-8-13-23)20-28(27)26-15-10-16-30(31(26)36)43-25-14-9-11-22(19-25)21-37-34(42)44-35(2,3)4/h6-20,29H,5,21H2,1-4H3,(H,37,42)(H,38,39)(H,40,41). The first-order valence-electron chi connectivity index (χ1n) is 14.2. The van der Waals surface area contributed by atoms with Gasteiger partial charge in [0.25, 0.3) is 5.91 Å². The van der Waals surface area contributed by atoms with Gasteiger partial charge in [0.05, 0.1) is 5.02 Å². The molecule has 0 bridgehead atoms. The summed E-state index contributed by atoms with van der Waals surface area (Å²) in [5.74, 6) is -0.785. The van der Waals surface area contributed by atoms with Gasteiger partial charge in [0, 0.05) is 17.7 Å². The largest absolute Gasteiger partial charge is 0.480 e. The van der Waals surface area contributed by atoms with E-state index in [0.29, 0.717) is 22.6 Å². The summed E-state index contributed by atoms with van der Waals surface area (Å²) in [4.78, 5) is 37.1. The number of hydrogen-bond donors (Lipinski definition) is 3. The molecular formula is C35H35ClN2O6. The molecule has 44 heavy (non-hydrogen) atoms. The number of amides is 2. The Morgan fingerprint density at radius 1 is 0.864 bits per heavy atom. The number of rotatable bonds is 10. The van der Waals surface area contributed by atoms with Crippen LogP contribution in [-0.4, -0.2) is 34.7 Å². The zero-order valence-corrected chi connectivity index (χ0v) is 25.8. The maximum Gasteiger partial charge on any atom is 0.407 e. The average molecular weight is 615 g/mol. The zero-order chi connectivity index (χ0) is 31.9. The minimum absolute atomic E-state index is 0.231. The Morgan fingerprint density at radius 2 is 1.59 bits per heavy atom. The molecule has 2 amide bonds. The van der Waals surface area contributed by atoms with Crippen LogP contribution >= 0.6 is 11.6 Å². The van der Waals surface area contributed by atoms with Crippen molar-refractivity contribution in [2.45, 2.75) is 52.3 Å². The number of hydrogen-bond acceptors (Lipinski definition) is 5. The van der Waals surface area contributed by atoms with E-state index in [1.165, 1.54) is 0 Å². The Kier molecular flexibility index (Phi) is 10.3. The van der Waals surface area contributed by atoms with Crippen LogP contribution in [-0.2, 0) is 16.1 Å². The normalized spacial score (nSPS) is 11.8. The van der Waals surface area contributed by atoms with Gasteiger partial charge in [0.1, 0.15) is 23.1 Å². The summed E-state index contributed by atoms with van der Waals surface area (Å²) in [6.45, 7) is 7.32. The van der Waals surface area contributed by atoms with Crippen LogP contribution in [0.15, 0.2) is 91.0 Å². The lowest BCUT2D eigenvalue weighted by atomic mass is 9.93. The molecule has 228 valence electrons. The molecule has 0 aliphatic carbocycles. The molecule has 0 fully saturated rings. The average Bonchev–Trinajstić information content (AvgIpc) is 2.99. The Labute approximate surface area is 262 Å². The summed E-state index contributed by atoms with van der Waals surface area (Å²) >= 11 is 6.93. The zero-order valence-electron chi connectivity index (χ0n) is 25.0. The third kappa shape index (κ3) is 8.39. The van der Waals surface area contributed by atoms with Gasteiger partial charge in [0.15, 0.2) is 0 Å². The Hall–Kier alpha value is -4.82. The van der Waals surface area contributed by atoms with Crippen molar-refractivity contribution < 1.29 is 29.0 Å². The maximum absolute atomic E-state index is 13.4. The number of aliphatic carboxylic acids is 1. The van der Waals surface area contributed by atoms with Gasteiger partial charge in [-0.3, -0.25) is 4.79 Å². The number of halogens is 1. The van der Waals surface area contributed by atoms with Crippen molar-refractivity contribution in [3.63, 3.8) is 0 Å². The molecule has 0 radical (unpaired) electrons. The highest BCUT2D eigenvalue weighted by Crippen LogP contribution is 2.40. The molecule has 4 rings (SSSR count). The van der Waals surface area contributed by atoms with Gasteiger partial charge in [-0.2, -0.15) is 0 Å². The topological polar surface area (TPSA) is 114 Å². The molecule has 1 unspecified atom stereocenters. The molecule has 0 saturated carbocycles. The number of carbonyl (C=O) groups excluding carboxylic acids is 2. The molecule has 4 aromatic rings. The number of alkyl carbamates (subject to hydrolysis) is 1. The fourth-order valence-electron chi connectivity index (χ4n) is 4.48. The van der Waals surface area contributed by atoms with Gasteiger partial charge in [-0.05, 0) is 79.8 Å². The molecule has 0 aliphatic heterocycles. The second kappa shape index (κ2) is 14.1. The lowest BCUT2D eigenvalue weighted by molar-refractivity contribution is -0.139. The van der Waals surface area contributed by atoms with Crippen molar-refractivity contribution in [2.24, 2.45) is 0 Å². The summed E-state index contributed by atoms with van der Waals surface area (Å²) < 4.78 is 11.5. The van der Waals surface area contributed by atoms with Gasteiger partial charge in [0.2, 0.25) is 0 Å². The Balaban J connectivity index is 1.67. The van der Waals surface area contributed by atoms with Crippen molar-refractivity contribution in [1.82, 2.24) is 10.6 Å². The number of carboxylic acids is 1. The SMILES string of the molecule is CCC(NC(=O)c1ccc(-c2ccccc2)cc1-c1cccc(Oc2cccc(CNC(=O)OC(C)(C)C)c2)c1Cl)C(=O)O. The summed E-state index contributed by atoms with van der Waals surface area (Å²) in [5.41, 5.74) is 3.32. The van der Waals surface area contributed by atoms with E-state index < -0.39 is 29.6 Å². The first-order valence-corrected chi connectivity index (χ1v) is 14.6. The van der Waals surface area contributed by atoms with E-state index >= 15 is 0 Å². The van der Waals surface area contributed by atoms with Crippen LogP contribution in [0.4, 0.5) is 4.79 Å². The summed E-state index contributed by atoms with van der Waals surface area (Å²) in [6, 6.07) is 26.5. The van der Waals surface area contributed by atoms with E-state index in [-0.39, 0.29) is 23.6 Å². The lowest BCUT2D eigenvalue weighted by Crippen LogP contribution is -2.40. The van der Waals surface area contributed by atoms with Crippen molar-refractivity contribution in [2.75, 3.05) is 0 Å². The molecule has 0 aliphatic rings. The highest BCUT2D eigenvalue weighted by atomic mass is 35.5. The van der Waals surface area contributed by atoms with Crippen molar-refractivity contribution >= 4 is 29.6 Å². The minimum atomic E-state index is -1.11. The van der Waals surface area contributed by atoms with E-state index in [1.807, 2.05) is 48.5 Å². The summed E-state index contributed by atoms with van der Waals surface area (Å²) in [7, 11) is 0. The molecule has 9 heteroatoms. The smallest absolute Gasteiger partial charge is 0.407 e. The van der Waals surface area contributed by atoms with Crippen LogP contribution in [0, 0.1) is 0 Å². The molecule has 3 N–H and O–H groups in total. The first kappa shape index (κ1) is 32.1. The van der Waals surface area contributed by atoms with E-state index in [0.717, 1.165) is 16.7 Å². The number of benzene rings is 4. The third-order valence-corrected chi connectivity index (χ3v) is 6.99. The minimum Gasteiger partial charge on any atom is -0.480 e. The molecule has 1 atom stereocenters. The number of nitrogens with one attached hydrogen (secondary N) is 2. The van der Waals surface area contributed by atoms with Crippen LogP contribution in [0.25, 0.3) is 22.3 Å². The summed E-state index contributed by atoms with van der Waals surface area (Å²) in [6.07, 6.45) is -0.291. The number of ether oxygens (including phenoxy) is 2. The predicted molar refractivity (Wildman–Crippen MR) is 171 cm³/mol. The van der Waals surface area contributed by atoms with Gasteiger partial charge in [-0.1, -0.05) is 79.2 Å². The third-order valence-electron chi connectivity index (χ3n) is 6.60. The monoisotopic (exact) mass is 614 g/mol. The van der Waals surface area contributed by atoms with Crippen LogP contribution < -0.4 is 15.4 Å². The quantitative estimate of drug-likeness (QED) is 0.166. The molecule has 0 saturated heterocycles. The van der Waals surface area contributed by atoms with Crippen LogP contribution in [0.5, 0.6) is 11.5 Å². The molecule has 0 spiro atoms. The van der Waals surface area contributed by atoms with E-state index in [9.17, 15) is 19.5 Å². The molecule has 8 nitrogen and oxygen atoms in total. The number of carbonyl (C=O) groups is 3. The molecular weight excluding hydrogens is 580 g/mol. The molecule has 0 heterocycles. The Bertz CT molecular complexity index is 1650. The second-order valence-corrected chi connectivity index (χ2v) is 11.5. The maximum atomic E-state index is 13.4. The highest BCUT2D eigenvalue weighted by molar-refractivity contribution is 6.35. The Morgan fingerprint density at radius 3 is 2.27 bits per heavy atom. The molecule has 0 aromatic heterocycles. The van der Waals surface area contributed by atoms with Gasteiger partial charge >= 0.3 is 12.1 Å². The van der Waals surface area contributed by atoms with Crippen molar-refractivity contribution in [3.8, 4) is 33.8 Å². The van der Waals surface area contributed by atoms with Crippen LogP contribution in [0.1, 0.15) is 50.0 Å². The lowest BCUT2D eigenvalue weighted by Gasteiger charge is -2.19. The van der Waals surface area contributed by atoms with Crippen LogP contribution in [0.3, 0.4) is 0 Å². The second-order valence-electron chi connectivity index (χ2n) is 11.1. The fraction of sp³-hybridized carbons (Fsp3) is 0.229. The van der Waals surface area contributed by atoms with E-state index in [4.69, 9.17) is 21.1 Å². The first-order chi connectivity index (χ1) is 20.9. The van der Waals surface area contributed by atoms with Gasteiger partial charge in [-0.25, -0.2) is 9.59 Å². The van der Waals surface area contributed by atoms with Crippen molar-refractivity contribution in [1.29, 1.82) is 0 Å². The fourth-order valence-corrected chi connectivity index (χ4v) is 4.75. The van der Waals surface area contributed by atoms with Crippen LogP contribution in [0.2, 0.25) is 5.02 Å². The predicted octanol–water partition coefficient (Wildman–Crippen LogP) is 8.08. The van der Waals surface area contributed by atoms with E-state index in [1.54, 1.807) is 70.2 Å².